The Kier molecular flexibility index (Phi) is 6.13. The summed E-state index contributed by atoms with van der Waals surface area (Å²) in [5.41, 5.74) is -0.694. The maximum atomic E-state index is 12.7. The van der Waals surface area contributed by atoms with E-state index in [1.807, 2.05) is 27.7 Å². The van der Waals surface area contributed by atoms with E-state index in [1.165, 1.54) is 0 Å². The Balaban J connectivity index is 2.43. The molecule has 26 heavy (non-hydrogen) atoms. The Labute approximate surface area is 152 Å². The van der Waals surface area contributed by atoms with E-state index in [-0.39, 0.29) is 40.8 Å². The zero-order chi connectivity index (χ0) is 19.4. The fourth-order valence-corrected chi connectivity index (χ4v) is 2.89. The van der Waals surface area contributed by atoms with Gasteiger partial charge in [-0.15, -0.1) is 0 Å². The lowest BCUT2D eigenvalue weighted by Gasteiger charge is -2.26. The Morgan fingerprint density at radius 1 is 1.08 bits per heavy atom. The molecule has 0 atom stereocenters. The average molecular weight is 359 g/mol. The molecule has 0 radical (unpaired) electrons. The second-order valence-electron chi connectivity index (χ2n) is 7.25. The van der Waals surface area contributed by atoms with Crippen LogP contribution in [-0.4, -0.2) is 44.8 Å². The van der Waals surface area contributed by atoms with Crippen molar-refractivity contribution in [1.29, 1.82) is 0 Å². The highest BCUT2D eigenvalue weighted by atomic mass is 16.4. The zero-order valence-corrected chi connectivity index (χ0v) is 15.6. The van der Waals surface area contributed by atoms with Gasteiger partial charge in [0.05, 0.1) is 5.39 Å². The molecule has 0 fully saturated rings. The van der Waals surface area contributed by atoms with Crippen molar-refractivity contribution >= 4 is 22.6 Å². The lowest BCUT2D eigenvalue weighted by Crippen LogP contribution is -2.41. The van der Waals surface area contributed by atoms with Crippen molar-refractivity contribution in [3.63, 3.8) is 0 Å². The Morgan fingerprint density at radius 3 is 2.12 bits per heavy atom. The Bertz CT molecular complexity index is 861. The minimum atomic E-state index is -1.23. The molecule has 0 aliphatic rings. The summed E-state index contributed by atoms with van der Waals surface area (Å²) in [5, 5.41) is 13.9. The van der Waals surface area contributed by atoms with Crippen molar-refractivity contribution < 1.29 is 14.7 Å². The van der Waals surface area contributed by atoms with E-state index in [0.717, 1.165) is 4.68 Å². The summed E-state index contributed by atoms with van der Waals surface area (Å²) in [7, 11) is 0. The summed E-state index contributed by atoms with van der Waals surface area (Å²) >= 11 is 0. The van der Waals surface area contributed by atoms with Gasteiger partial charge in [0.15, 0.2) is 5.69 Å². The number of nitrogens with zero attached hydrogens (tertiary/aromatic N) is 3. The van der Waals surface area contributed by atoms with Gasteiger partial charge in [0.1, 0.15) is 6.54 Å². The molecule has 0 bridgehead atoms. The van der Waals surface area contributed by atoms with E-state index < -0.39 is 11.5 Å². The number of rotatable bonds is 7. The molecule has 2 aromatic rings. The predicted molar refractivity (Wildman–Crippen MR) is 99.2 cm³/mol. The summed E-state index contributed by atoms with van der Waals surface area (Å²) in [4.78, 5) is 38.6. The molecule has 1 heterocycles. The third-order valence-electron chi connectivity index (χ3n) is 3.88. The van der Waals surface area contributed by atoms with Crippen LogP contribution in [0.15, 0.2) is 29.1 Å². The fourth-order valence-electron chi connectivity index (χ4n) is 2.89. The molecule has 0 aliphatic carbocycles. The van der Waals surface area contributed by atoms with Crippen LogP contribution in [0.5, 0.6) is 0 Å². The lowest BCUT2D eigenvalue weighted by atomic mass is 10.1. The molecule has 2 rings (SSSR count). The highest BCUT2D eigenvalue weighted by Crippen LogP contribution is 2.13. The van der Waals surface area contributed by atoms with Gasteiger partial charge in [-0.2, -0.15) is 5.10 Å². The van der Waals surface area contributed by atoms with Crippen LogP contribution in [0, 0.1) is 11.8 Å². The summed E-state index contributed by atoms with van der Waals surface area (Å²) in [6.07, 6.45) is 0. The summed E-state index contributed by atoms with van der Waals surface area (Å²) < 4.78 is 0.960. The van der Waals surface area contributed by atoms with Gasteiger partial charge >= 0.3 is 5.97 Å². The van der Waals surface area contributed by atoms with Gasteiger partial charge in [0.2, 0.25) is 5.91 Å². The molecule has 7 nitrogen and oxygen atoms in total. The zero-order valence-electron chi connectivity index (χ0n) is 15.6. The van der Waals surface area contributed by atoms with Crippen LogP contribution in [0.2, 0.25) is 0 Å². The molecule has 1 amide bonds. The number of aromatic carboxylic acids is 1. The standard InChI is InChI=1S/C19H25N3O4/c1-12(2)9-21(10-13(3)4)16(23)11-22-18(24)15-8-6-5-7-14(15)17(20-22)19(25)26/h5-8,12-13H,9-11H2,1-4H3,(H,25,26). The first kappa shape index (κ1) is 19.6. The molecule has 0 unspecified atom stereocenters. The molecule has 0 spiro atoms. The summed E-state index contributed by atoms with van der Waals surface area (Å²) in [6, 6.07) is 6.40. The largest absolute Gasteiger partial charge is 0.476 e. The third kappa shape index (κ3) is 4.47. The van der Waals surface area contributed by atoms with Crippen molar-refractivity contribution in [1.82, 2.24) is 14.7 Å². The van der Waals surface area contributed by atoms with Crippen molar-refractivity contribution in [3.8, 4) is 0 Å². The van der Waals surface area contributed by atoms with Crippen LogP contribution in [-0.2, 0) is 11.3 Å². The number of carbonyl (C=O) groups is 2. The van der Waals surface area contributed by atoms with E-state index in [0.29, 0.717) is 13.1 Å². The van der Waals surface area contributed by atoms with E-state index >= 15 is 0 Å². The van der Waals surface area contributed by atoms with Gasteiger partial charge in [0.25, 0.3) is 5.56 Å². The number of carbonyl (C=O) groups excluding carboxylic acids is 1. The number of hydrogen-bond acceptors (Lipinski definition) is 4. The van der Waals surface area contributed by atoms with Gasteiger partial charge in [-0.25, -0.2) is 9.48 Å². The first-order chi connectivity index (χ1) is 12.2. The van der Waals surface area contributed by atoms with Crippen LogP contribution >= 0.6 is 0 Å². The topological polar surface area (TPSA) is 92.5 Å². The summed E-state index contributed by atoms with van der Waals surface area (Å²) in [5.74, 6) is -0.903. The van der Waals surface area contributed by atoms with Gasteiger partial charge in [0, 0.05) is 18.5 Å². The molecule has 0 aliphatic heterocycles. The lowest BCUT2D eigenvalue weighted by molar-refractivity contribution is -0.133. The first-order valence-corrected chi connectivity index (χ1v) is 8.71. The molecule has 7 heteroatoms. The normalized spacial score (nSPS) is 11.3. The molecule has 140 valence electrons. The highest BCUT2D eigenvalue weighted by molar-refractivity contribution is 6.01. The van der Waals surface area contributed by atoms with Gasteiger partial charge in [-0.1, -0.05) is 45.9 Å². The van der Waals surface area contributed by atoms with Crippen molar-refractivity contribution in [3.05, 3.63) is 40.3 Å². The van der Waals surface area contributed by atoms with Crippen LogP contribution in [0.25, 0.3) is 10.8 Å². The van der Waals surface area contributed by atoms with Crippen molar-refractivity contribution in [2.45, 2.75) is 34.2 Å². The van der Waals surface area contributed by atoms with E-state index in [9.17, 15) is 19.5 Å². The number of aromatic nitrogens is 2. The molecule has 0 saturated heterocycles. The molecule has 0 saturated carbocycles. The number of amides is 1. The number of hydrogen-bond donors (Lipinski definition) is 1. The average Bonchev–Trinajstić information content (AvgIpc) is 2.55. The van der Waals surface area contributed by atoms with E-state index in [1.54, 1.807) is 29.2 Å². The van der Waals surface area contributed by atoms with Gasteiger partial charge in [-0.05, 0) is 17.9 Å². The van der Waals surface area contributed by atoms with Crippen LogP contribution in [0.3, 0.4) is 0 Å². The van der Waals surface area contributed by atoms with E-state index in [2.05, 4.69) is 5.10 Å². The second-order valence-corrected chi connectivity index (χ2v) is 7.25. The van der Waals surface area contributed by atoms with Crippen LogP contribution < -0.4 is 5.56 Å². The van der Waals surface area contributed by atoms with Gasteiger partial charge in [-0.3, -0.25) is 9.59 Å². The molecular formula is C19H25N3O4. The predicted octanol–water partition coefficient (Wildman–Crippen LogP) is 2.24. The second kappa shape index (κ2) is 8.12. The Morgan fingerprint density at radius 2 is 1.62 bits per heavy atom. The maximum Gasteiger partial charge on any atom is 0.357 e. The monoisotopic (exact) mass is 359 g/mol. The number of carboxylic acid groups (broad SMARTS) is 1. The fraction of sp³-hybridized carbons (Fsp3) is 0.474. The minimum Gasteiger partial charge on any atom is -0.476 e. The highest BCUT2D eigenvalue weighted by Gasteiger charge is 2.20. The molecule has 1 N–H and O–H groups in total. The smallest absolute Gasteiger partial charge is 0.357 e. The van der Waals surface area contributed by atoms with Crippen molar-refractivity contribution in [2.75, 3.05) is 13.1 Å². The minimum absolute atomic E-state index is 0.229. The number of carboxylic acids is 1. The molecule has 1 aromatic heterocycles. The molecule has 1 aromatic carbocycles. The first-order valence-electron chi connectivity index (χ1n) is 8.71. The van der Waals surface area contributed by atoms with Crippen LogP contribution in [0.4, 0.5) is 0 Å². The summed E-state index contributed by atoms with van der Waals surface area (Å²) in [6.45, 7) is 8.94. The Hall–Kier alpha value is -2.70. The molecular weight excluding hydrogens is 334 g/mol. The van der Waals surface area contributed by atoms with Crippen LogP contribution in [0.1, 0.15) is 38.2 Å². The van der Waals surface area contributed by atoms with E-state index in [4.69, 9.17) is 0 Å². The number of benzene rings is 1. The SMILES string of the molecule is CC(C)CN(CC(C)C)C(=O)Cn1nc(C(=O)O)c2ccccc2c1=O. The third-order valence-corrected chi connectivity index (χ3v) is 3.88. The maximum absolute atomic E-state index is 12.7. The van der Waals surface area contributed by atoms with Crippen molar-refractivity contribution in [2.24, 2.45) is 11.8 Å². The van der Waals surface area contributed by atoms with Gasteiger partial charge < -0.3 is 10.0 Å². The number of fused-ring (bicyclic) bond motifs is 1. The quantitative estimate of drug-likeness (QED) is 0.818.